The van der Waals surface area contributed by atoms with E-state index in [1.165, 1.54) is 161 Å². The summed E-state index contributed by atoms with van der Waals surface area (Å²) in [5, 5.41) is 0. The number of rotatable bonds is 18. The second-order valence-corrected chi connectivity index (χ2v) is 21.9. The topological polar surface area (TPSA) is 34.1 Å². The molecule has 2 aliphatic rings. The SMILES string of the molecule is CCCCCCCCc1ccc(C2(c3ccc(C)cc3)c3cc4c(cc3-c3sc5cc(C=O)sc5c32)C(c2ccc(C)cc2)(c2ccc(CCCCCC)cc2)c2cc(C=O)sc2-4)cc1. The largest absolute Gasteiger partial charge is 0.297 e. The second kappa shape index (κ2) is 18.2. The first kappa shape index (κ1) is 43.7. The van der Waals surface area contributed by atoms with Gasteiger partial charge in [-0.3, -0.25) is 9.59 Å². The number of benzene rings is 5. The van der Waals surface area contributed by atoms with E-state index in [-0.39, 0.29) is 0 Å². The van der Waals surface area contributed by atoms with E-state index in [1.54, 1.807) is 22.7 Å². The van der Waals surface area contributed by atoms with E-state index in [1.807, 2.05) is 11.3 Å². The Morgan fingerprint density at radius 1 is 0.446 bits per heavy atom. The number of aldehydes is 2. The van der Waals surface area contributed by atoms with Crippen LogP contribution in [0.3, 0.4) is 0 Å². The average molecular weight is 907 g/mol. The molecule has 3 heterocycles. The van der Waals surface area contributed by atoms with Gasteiger partial charge in [0.25, 0.3) is 0 Å². The van der Waals surface area contributed by atoms with Gasteiger partial charge in [0.05, 0.1) is 25.3 Å². The van der Waals surface area contributed by atoms with Gasteiger partial charge in [-0.15, -0.1) is 34.0 Å². The molecule has 0 N–H and O–H groups in total. The Kier molecular flexibility index (Phi) is 12.3. The molecule has 328 valence electrons. The van der Waals surface area contributed by atoms with Gasteiger partial charge in [0.15, 0.2) is 12.6 Å². The lowest BCUT2D eigenvalue weighted by atomic mass is 9.65. The lowest BCUT2D eigenvalue weighted by Crippen LogP contribution is -2.30. The van der Waals surface area contributed by atoms with Gasteiger partial charge in [-0.05, 0) is 125 Å². The summed E-state index contributed by atoms with van der Waals surface area (Å²) in [4.78, 5) is 29.3. The van der Waals surface area contributed by atoms with Gasteiger partial charge in [0.2, 0.25) is 0 Å². The highest BCUT2D eigenvalue weighted by molar-refractivity contribution is 7.30. The Labute approximate surface area is 397 Å². The summed E-state index contributed by atoms with van der Waals surface area (Å²) >= 11 is 5.09. The van der Waals surface area contributed by atoms with Crippen LogP contribution in [0, 0.1) is 13.8 Å². The number of aryl methyl sites for hydroxylation is 4. The maximum Gasteiger partial charge on any atom is 0.160 e. The highest BCUT2D eigenvalue weighted by atomic mass is 32.1. The standard InChI is InChI=1S/C60H58O2S3/c1-5-7-9-11-12-14-16-42-23-31-46(32-24-42)60(45-27-19-40(4)20-28-45)52-35-49-51(36-50(52)57-55(60)58-54(65-57)34-48(38-62)64-58)59(43-25-17-39(3)18-26-43,53-33-47(37-61)63-56(49)53)44-29-21-41(22-30-44)15-13-10-8-6-2/h17-38H,5-16H2,1-4H3. The summed E-state index contributed by atoms with van der Waals surface area (Å²) in [6, 6.07) is 46.6. The monoisotopic (exact) mass is 906 g/mol. The molecule has 5 aromatic carbocycles. The van der Waals surface area contributed by atoms with Crippen molar-refractivity contribution in [3.63, 3.8) is 0 Å². The fourth-order valence-corrected chi connectivity index (χ4v) is 14.9. The van der Waals surface area contributed by atoms with Crippen LogP contribution in [0.1, 0.15) is 164 Å². The molecule has 2 atom stereocenters. The molecule has 0 aliphatic heterocycles. The van der Waals surface area contributed by atoms with Crippen molar-refractivity contribution in [1.82, 2.24) is 0 Å². The summed E-state index contributed by atoms with van der Waals surface area (Å²) in [7, 11) is 0. The summed E-state index contributed by atoms with van der Waals surface area (Å²) in [6.45, 7) is 8.87. The maximum absolute atomic E-state index is 12.8. The van der Waals surface area contributed by atoms with Gasteiger partial charge >= 0.3 is 0 Å². The first-order valence-corrected chi connectivity index (χ1v) is 26.4. The lowest BCUT2D eigenvalue weighted by molar-refractivity contribution is 0.111. The molecule has 2 nitrogen and oxygen atoms in total. The molecule has 2 unspecified atom stereocenters. The summed E-state index contributed by atoms with van der Waals surface area (Å²) < 4.78 is 2.36. The van der Waals surface area contributed by atoms with Crippen LogP contribution in [0.2, 0.25) is 0 Å². The molecule has 3 aromatic heterocycles. The maximum atomic E-state index is 12.8. The molecule has 0 bridgehead atoms. The van der Waals surface area contributed by atoms with Gasteiger partial charge in [-0.2, -0.15) is 0 Å². The Bertz CT molecular complexity index is 3000. The van der Waals surface area contributed by atoms with Gasteiger partial charge in [0, 0.05) is 20.0 Å². The highest BCUT2D eigenvalue weighted by Crippen LogP contribution is 2.66. The molecule has 0 fully saturated rings. The van der Waals surface area contributed by atoms with Gasteiger partial charge in [-0.25, -0.2) is 0 Å². The molecule has 0 saturated carbocycles. The van der Waals surface area contributed by atoms with E-state index >= 15 is 0 Å². The Hall–Kier alpha value is -5.20. The van der Waals surface area contributed by atoms with Crippen LogP contribution < -0.4 is 0 Å². The van der Waals surface area contributed by atoms with E-state index in [2.05, 4.69) is 149 Å². The third-order valence-electron chi connectivity index (χ3n) is 14.5. The molecule has 0 saturated heterocycles. The molecule has 65 heavy (non-hydrogen) atoms. The normalized spacial score (nSPS) is 17.0. The molecule has 0 amide bonds. The third-order valence-corrected chi connectivity index (χ3v) is 18.0. The van der Waals surface area contributed by atoms with Crippen LogP contribution in [-0.2, 0) is 23.7 Å². The van der Waals surface area contributed by atoms with E-state index in [4.69, 9.17) is 0 Å². The van der Waals surface area contributed by atoms with E-state index in [0.717, 1.165) is 35.2 Å². The number of carbonyl (C=O) groups is 2. The summed E-state index contributed by atoms with van der Waals surface area (Å²) in [5.41, 5.74) is 16.3. The van der Waals surface area contributed by atoms with E-state index < -0.39 is 10.8 Å². The Morgan fingerprint density at radius 3 is 1.43 bits per heavy atom. The van der Waals surface area contributed by atoms with Gasteiger partial charge < -0.3 is 0 Å². The predicted octanol–water partition coefficient (Wildman–Crippen LogP) is 17.0. The Balaban J connectivity index is 1.23. The fourth-order valence-electron chi connectivity index (χ4n) is 11.2. The zero-order valence-electron chi connectivity index (χ0n) is 38.2. The predicted molar refractivity (Wildman–Crippen MR) is 277 cm³/mol. The van der Waals surface area contributed by atoms with Crippen LogP contribution in [-0.4, -0.2) is 12.6 Å². The number of fused-ring (bicyclic) bond motifs is 8. The molecule has 0 radical (unpaired) electrons. The average Bonchev–Trinajstić information content (AvgIpc) is 4.14. The minimum absolute atomic E-state index is 0.640. The van der Waals surface area contributed by atoms with E-state index in [9.17, 15) is 9.59 Å². The second-order valence-electron chi connectivity index (χ2n) is 18.7. The number of carbonyl (C=O) groups excluding carboxylic acids is 2. The minimum atomic E-state index is -0.644. The van der Waals surface area contributed by atoms with Crippen molar-refractivity contribution >= 4 is 56.0 Å². The van der Waals surface area contributed by atoms with Crippen molar-refractivity contribution in [3.05, 3.63) is 198 Å². The molecule has 2 aliphatic carbocycles. The quantitative estimate of drug-likeness (QED) is 0.0635. The highest BCUT2D eigenvalue weighted by Gasteiger charge is 2.53. The minimum Gasteiger partial charge on any atom is -0.297 e. The summed E-state index contributed by atoms with van der Waals surface area (Å²) in [6.07, 6.45) is 16.9. The smallest absolute Gasteiger partial charge is 0.160 e. The third kappa shape index (κ3) is 7.34. The van der Waals surface area contributed by atoms with Crippen molar-refractivity contribution in [1.29, 1.82) is 0 Å². The molecular weight excluding hydrogens is 849 g/mol. The fraction of sp³-hybridized carbons (Fsp3) is 0.300. The molecule has 10 rings (SSSR count). The van der Waals surface area contributed by atoms with Crippen molar-refractivity contribution in [2.75, 3.05) is 0 Å². The van der Waals surface area contributed by atoms with Crippen LogP contribution in [0.15, 0.2) is 121 Å². The molecule has 8 aromatic rings. The van der Waals surface area contributed by atoms with Crippen molar-refractivity contribution in [2.24, 2.45) is 0 Å². The molecule has 5 heteroatoms. The van der Waals surface area contributed by atoms with Crippen LogP contribution in [0.5, 0.6) is 0 Å². The molecule has 0 spiro atoms. The summed E-state index contributed by atoms with van der Waals surface area (Å²) in [5.74, 6) is 0. The van der Waals surface area contributed by atoms with Crippen molar-refractivity contribution in [3.8, 4) is 20.9 Å². The van der Waals surface area contributed by atoms with Gasteiger partial charge in [-0.1, -0.05) is 173 Å². The molecular formula is C60H58O2S3. The first-order chi connectivity index (χ1) is 31.8. The van der Waals surface area contributed by atoms with Crippen molar-refractivity contribution < 1.29 is 9.59 Å². The van der Waals surface area contributed by atoms with Gasteiger partial charge in [0.1, 0.15) is 0 Å². The lowest BCUT2D eigenvalue weighted by Gasteiger charge is -2.35. The number of unbranched alkanes of at least 4 members (excludes halogenated alkanes) is 8. The number of thiophene rings is 3. The number of hydrogen-bond acceptors (Lipinski definition) is 5. The van der Waals surface area contributed by atoms with Crippen LogP contribution >= 0.6 is 34.0 Å². The van der Waals surface area contributed by atoms with Crippen molar-refractivity contribution in [2.45, 2.75) is 116 Å². The van der Waals surface area contributed by atoms with Crippen LogP contribution in [0.25, 0.3) is 30.3 Å². The number of hydrogen-bond donors (Lipinski definition) is 0. The zero-order valence-corrected chi connectivity index (χ0v) is 40.7. The first-order valence-electron chi connectivity index (χ1n) is 24.0. The zero-order chi connectivity index (χ0) is 44.7. The Morgan fingerprint density at radius 2 is 0.892 bits per heavy atom. The van der Waals surface area contributed by atoms with Crippen LogP contribution in [0.4, 0.5) is 0 Å². The van der Waals surface area contributed by atoms with E-state index in [0.29, 0.717) is 0 Å².